The summed E-state index contributed by atoms with van der Waals surface area (Å²) in [5.74, 6) is 0.129. The number of rotatable bonds is 2. The molecule has 4 nitrogen and oxygen atoms in total. The molecule has 7 heteroatoms. The summed E-state index contributed by atoms with van der Waals surface area (Å²) in [6.07, 6.45) is 0.756. The van der Waals surface area contributed by atoms with E-state index in [2.05, 4.69) is 13.8 Å². The summed E-state index contributed by atoms with van der Waals surface area (Å²) in [5.41, 5.74) is 5.78. The number of nitrogen functional groups attached to an aromatic ring is 1. The maximum atomic E-state index is 13.3. The number of anilines is 1. The number of nitrogens with two attached hydrogens (primary N) is 1. The molecule has 0 aromatic heterocycles. The highest BCUT2D eigenvalue weighted by molar-refractivity contribution is 8.00. The van der Waals surface area contributed by atoms with Crippen LogP contribution in [-0.2, 0) is 10.0 Å². The van der Waals surface area contributed by atoms with Gasteiger partial charge in [0, 0.05) is 23.6 Å². The largest absolute Gasteiger partial charge is 0.398 e. The summed E-state index contributed by atoms with van der Waals surface area (Å²) in [4.78, 5) is -0.137. The minimum atomic E-state index is -3.73. The first-order chi connectivity index (χ1) is 9.22. The van der Waals surface area contributed by atoms with Crippen molar-refractivity contribution in [1.82, 2.24) is 4.31 Å². The Hall–Kier alpha value is -0.790. The number of thioether (sulfide) groups is 1. The number of nitrogens with zero attached hydrogens (tertiary/aromatic N) is 1. The van der Waals surface area contributed by atoms with Gasteiger partial charge >= 0.3 is 0 Å². The lowest BCUT2D eigenvalue weighted by Crippen LogP contribution is -2.34. The monoisotopic (exact) mass is 318 g/mol. The predicted molar refractivity (Wildman–Crippen MR) is 80.7 cm³/mol. The highest BCUT2D eigenvalue weighted by atomic mass is 32.2. The van der Waals surface area contributed by atoms with Crippen molar-refractivity contribution in [3.63, 3.8) is 0 Å². The molecule has 1 saturated heterocycles. The van der Waals surface area contributed by atoms with E-state index in [4.69, 9.17) is 5.73 Å². The molecule has 1 aromatic rings. The van der Waals surface area contributed by atoms with E-state index in [1.165, 1.54) is 10.4 Å². The normalized spacial score (nSPS) is 20.6. The number of halogens is 1. The second-order valence-corrected chi connectivity index (χ2v) is 9.15. The Morgan fingerprint density at radius 3 is 2.75 bits per heavy atom. The van der Waals surface area contributed by atoms with Gasteiger partial charge in [0.1, 0.15) is 10.7 Å². The van der Waals surface area contributed by atoms with Crippen molar-refractivity contribution < 1.29 is 12.8 Å². The molecular weight excluding hydrogens is 299 g/mol. The molecule has 0 bridgehead atoms. The van der Waals surface area contributed by atoms with Gasteiger partial charge in [-0.05, 0) is 24.6 Å². The van der Waals surface area contributed by atoms with E-state index >= 15 is 0 Å². The lowest BCUT2D eigenvalue weighted by Gasteiger charge is -2.23. The molecule has 1 aliphatic rings. The second kappa shape index (κ2) is 5.54. The molecule has 0 aliphatic carbocycles. The van der Waals surface area contributed by atoms with Crippen LogP contribution in [0.4, 0.5) is 10.1 Å². The summed E-state index contributed by atoms with van der Waals surface area (Å²) in [6, 6.07) is 3.45. The lowest BCUT2D eigenvalue weighted by atomic mass is 10.1. The van der Waals surface area contributed by atoms with E-state index in [1.807, 2.05) is 0 Å². The van der Waals surface area contributed by atoms with E-state index in [-0.39, 0.29) is 15.3 Å². The third-order valence-electron chi connectivity index (χ3n) is 3.39. The molecular formula is C13H19FN2O2S2. The molecule has 1 aliphatic heterocycles. The minimum Gasteiger partial charge on any atom is -0.398 e. The first-order valence-corrected chi connectivity index (χ1v) is 8.84. The first kappa shape index (κ1) is 15.6. The van der Waals surface area contributed by atoms with Crippen LogP contribution in [0.5, 0.6) is 0 Å². The molecule has 0 radical (unpaired) electrons. The van der Waals surface area contributed by atoms with E-state index in [1.54, 1.807) is 11.8 Å². The molecule has 1 aromatic carbocycles. The summed E-state index contributed by atoms with van der Waals surface area (Å²) in [7, 11) is -3.73. The first-order valence-electron chi connectivity index (χ1n) is 6.41. The zero-order valence-electron chi connectivity index (χ0n) is 11.6. The molecule has 0 atom stereocenters. The van der Waals surface area contributed by atoms with Gasteiger partial charge in [-0.25, -0.2) is 12.8 Å². The van der Waals surface area contributed by atoms with Crippen molar-refractivity contribution in [3.8, 4) is 0 Å². The highest BCUT2D eigenvalue weighted by Crippen LogP contribution is 2.33. The number of hydrogen-bond acceptors (Lipinski definition) is 4. The summed E-state index contributed by atoms with van der Waals surface area (Å²) >= 11 is 1.75. The van der Waals surface area contributed by atoms with Crippen molar-refractivity contribution in [2.75, 3.05) is 24.6 Å². The van der Waals surface area contributed by atoms with Gasteiger partial charge in [0.15, 0.2) is 0 Å². The van der Waals surface area contributed by atoms with E-state index in [0.717, 1.165) is 24.3 Å². The van der Waals surface area contributed by atoms with Gasteiger partial charge in [0.05, 0.1) is 5.69 Å². The molecule has 2 N–H and O–H groups in total. The SMILES string of the molecule is CC1(C)CCN(S(=O)(=O)c2cc(F)ccc2N)CCS1. The van der Waals surface area contributed by atoms with E-state index < -0.39 is 15.8 Å². The smallest absolute Gasteiger partial charge is 0.245 e. The average molecular weight is 318 g/mol. The van der Waals surface area contributed by atoms with Crippen molar-refractivity contribution in [1.29, 1.82) is 0 Å². The zero-order valence-corrected chi connectivity index (χ0v) is 13.2. The van der Waals surface area contributed by atoms with Gasteiger partial charge in [-0.2, -0.15) is 16.1 Å². The van der Waals surface area contributed by atoms with Gasteiger partial charge in [0.2, 0.25) is 10.0 Å². The maximum absolute atomic E-state index is 13.3. The fraction of sp³-hybridized carbons (Fsp3) is 0.538. The fourth-order valence-corrected chi connectivity index (χ4v) is 4.90. The van der Waals surface area contributed by atoms with Crippen LogP contribution in [0.25, 0.3) is 0 Å². The molecule has 20 heavy (non-hydrogen) atoms. The summed E-state index contributed by atoms with van der Waals surface area (Å²) in [6.45, 7) is 5.05. The lowest BCUT2D eigenvalue weighted by molar-refractivity contribution is 0.415. The van der Waals surface area contributed by atoms with Gasteiger partial charge in [-0.1, -0.05) is 13.8 Å². The molecule has 0 unspecified atom stereocenters. The molecule has 112 valence electrons. The Morgan fingerprint density at radius 2 is 2.05 bits per heavy atom. The Labute approximate surface area is 123 Å². The Morgan fingerprint density at radius 1 is 1.35 bits per heavy atom. The van der Waals surface area contributed by atoms with Gasteiger partial charge in [0.25, 0.3) is 0 Å². The summed E-state index contributed by atoms with van der Waals surface area (Å²) in [5, 5.41) is 0. The summed E-state index contributed by atoms with van der Waals surface area (Å²) < 4.78 is 39.9. The number of hydrogen-bond donors (Lipinski definition) is 1. The van der Waals surface area contributed by atoms with Gasteiger partial charge < -0.3 is 5.73 Å². The van der Waals surface area contributed by atoms with E-state index in [9.17, 15) is 12.8 Å². The average Bonchev–Trinajstić information content (AvgIpc) is 2.53. The Balaban J connectivity index is 2.33. The fourth-order valence-electron chi connectivity index (χ4n) is 2.11. The minimum absolute atomic E-state index is 0.0533. The van der Waals surface area contributed by atoms with Crippen LogP contribution in [0.2, 0.25) is 0 Å². The number of benzene rings is 1. The van der Waals surface area contributed by atoms with Crippen LogP contribution in [-0.4, -0.2) is 36.3 Å². The molecule has 0 saturated carbocycles. The standard InChI is InChI=1S/C13H19FN2O2S2/c1-13(2)5-6-16(7-8-19-13)20(17,18)12-9-10(14)3-4-11(12)15/h3-4,9H,5-8,15H2,1-2H3. The molecule has 1 heterocycles. The third kappa shape index (κ3) is 3.27. The third-order valence-corrected chi connectivity index (χ3v) is 6.72. The van der Waals surface area contributed by atoms with Crippen molar-refractivity contribution in [2.24, 2.45) is 0 Å². The van der Waals surface area contributed by atoms with Gasteiger partial charge in [-0.15, -0.1) is 0 Å². The maximum Gasteiger partial charge on any atom is 0.245 e. The molecule has 2 rings (SSSR count). The number of sulfonamides is 1. The van der Waals surface area contributed by atoms with Crippen LogP contribution in [0.1, 0.15) is 20.3 Å². The molecule has 0 amide bonds. The zero-order chi connectivity index (χ0) is 15.0. The molecule has 1 fully saturated rings. The second-order valence-electron chi connectivity index (χ2n) is 5.44. The van der Waals surface area contributed by atoms with Crippen LogP contribution >= 0.6 is 11.8 Å². The van der Waals surface area contributed by atoms with Crippen LogP contribution in [0.3, 0.4) is 0 Å². The topological polar surface area (TPSA) is 63.4 Å². The van der Waals surface area contributed by atoms with Crippen LogP contribution in [0.15, 0.2) is 23.1 Å². The van der Waals surface area contributed by atoms with Gasteiger partial charge in [-0.3, -0.25) is 0 Å². The highest BCUT2D eigenvalue weighted by Gasteiger charge is 2.32. The quantitative estimate of drug-likeness (QED) is 0.850. The van der Waals surface area contributed by atoms with Crippen molar-refractivity contribution in [3.05, 3.63) is 24.0 Å². The molecule has 0 spiro atoms. The van der Waals surface area contributed by atoms with Crippen molar-refractivity contribution >= 4 is 27.5 Å². The van der Waals surface area contributed by atoms with Crippen LogP contribution in [0, 0.1) is 5.82 Å². The Bertz CT molecular complexity index is 602. The van der Waals surface area contributed by atoms with E-state index in [0.29, 0.717) is 13.1 Å². The van der Waals surface area contributed by atoms with Crippen molar-refractivity contribution in [2.45, 2.75) is 29.9 Å². The Kier molecular flexibility index (Phi) is 4.32. The van der Waals surface area contributed by atoms with Crippen LogP contribution < -0.4 is 5.73 Å². The predicted octanol–water partition coefficient (Wildman–Crippen LogP) is 2.31.